The number of phenolic OH excluding ortho intramolecular Hbond substituents is 2. The van der Waals surface area contributed by atoms with Crippen molar-refractivity contribution in [1.82, 2.24) is 5.32 Å². The second kappa shape index (κ2) is 5.74. The minimum Gasteiger partial charge on any atom is -0.507 e. The second-order valence-corrected chi connectivity index (χ2v) is 3.42. The number of carbonyl (C=O) groups excluding carboxylic acids is 1. The predicted molar refractivity (Wildman–Crippen MR) is 59.0 cm³/mol. The summed E-state index contributed by atoms with van der Waals surface area (Å²) in [6.45, 7) is 0.166. The molecular formula is C11H13NO5. The van der Waals surface area contributed by atoms with E-state index in [1.165, 1.54) is 18.2 Å². The summed E-state index contributed by atoms with van der Waals surface area (Å²) in [5.41, 5.74) is -0.206. The summed E-state index contributed by atoms with van der Waals surface area (Å²) in [5, 5.41) is 29.6. The van der Waals surface area contributed by atoms with Crippen LogP contribution in [-0.4, -0.2) is 33.7 Å². The average Bonchev–Trinajstić information content (AvgIpc) is 2.24. The molecule has 0 radical (unpaired) electrons. The molecule has 0 aliphatic heterocycles. The molecule has 6 nitrogen and oxygen atoms in total. The van der Waals surface area contributed by atoms with Crippen LogP contribution < -0.4 is 5.32 Å². The molecule has 0 aromatic heterocycles. The number of aliphatic carboxylic acids is 1. The van der Waals surface area contributed by atoms with Gasteiger partial charge in [0.2, 0.25) is 0 Å². The Kier molecular flexibility index (Phi) is 4.33. The minimum atomic E-state index is -0.940. The van der Waals surface area contributed by atoms with Gasteiger partial charge in [0.15, 0.2) is 0 Å². The van der Waals surface area contributed by atoms with Crippen molar-refractivity contribution in [1.29, 1.82) is 0 Å². The van der Waals surface area contributed by atoms with E-state index < -0.39 is 11.9 Å². The van der Waals surface area contributed by atoms with Crippen LogP contribution in [0.5, 0.6) is 11.5 Å². The van der Waals surface area contributed by atoms with E-state index in [0.29, 0.717) is 0 Å². The van der Waals surface area contributed by atoms with Gasteiger partial charge in [-0.25, -0.2) is 0 Å². The van der Waals surface area contributed by atoms with E-state index in [4.69, 9.17) is 5.11 Å². The maximum absolute atomic E-state index is 11.6. The van der Waals surface area contributed by atoms with E-state index in [9.17, 15) is 19.8 Å². The second-order valence-electron chi connectivity index (χ2n) is 3.42. The summed E-state index contributed by atoms with van der Waals surface area (Å²) in [7, 11) is 0. The maximum Gasteiger partial charge on any atom is 0.303 e. The predicted octanol–water partition coefficient (Wildman–Crippen LogP) is 0.692. The summed E-state index contributed by atoms with van der Waals surface area (Å²) >= 11 is 0. The van der Waals surface area contributed by atoms with Crippen molar-refractivity contribution in [3.8, 4) is 11.5 Å². The average molecular weight is 239 g/mol. The first-order valence-electron chi connectivity index (χ1n) is 5.03. The van der Waals surface area contributed by atoms with Gasteiger partial charge in [0.05, 0.1) is 0 Å². The van der Waals surface area contributed by atoms with Crippen molar-refractivity contribution in [2.75, 3.05) is 6.54 Å². The number of hydrogen-bond donors (Lipinski definition) is 4. The van der Waals surface area contributed by atoms with Gasteiger partial charge in [-0.2, -0.15) is 0 Å². The summed E-state index contributed by atoms with van der Waals surface area (Å²) in [4.78, 5) is 21.8. The molecule has 0 spiro atoms. The Morgan fingerprint density at radius 2 is 1.76 bits per heavy atom. The van der Waals surface area contributed by atoms with E-state index >= 15 is 0 Å². The lowest BCUT2D eigenvalue weighted by Gasteiger charge is -2.07. The Hall–Kier alpha value is -2.24. The zero-order valence-electron chi connectivity index (χ0n) is 9.01. The molecule has 0 atom stereocenters. The number of phenols is 2. The van der Waals surface area contributed by atoms with Crippen LogP contribution in [0.4, 0.5) is 0 Å². The van der Waals surface area contributed by atoms with E-state index in [-0.39, 0.29) is 36.4 Å². The Balaban J connectivity index is 2.55. The molecule has 1 rings (SSSR count). The molecule has 6 heteroatoms. The Morgan fingerprint density at radius 1 is 1.18 bits per heavy atom. The van der Waals surface area contributed by atoms with Crippen molar-refractivity contribution in [2.24, 2.45) is 0 Å². The van der Waals surface area contributed by atoms with Crippen LogP contribution in [0, 0.1) is 0 Å². The summed E-state index contributed by atoms with van der Waals surface area (Å²) in [6.07, 6.45) is 0.239. The molecule has 0 bridgehead atoms. The van der Waals surface area contributed by atoms with Crippen LogP contribution in [0.1, 0.15) is 23.2 Å². The van der Waals surface area contributed by atoms with E-state index in [1.807, 2.05) is 0 Å². The molecule has 1 aromatic rings. The van der Waals surface area contributed by atoms with E-state index in [1.54, 1.807) is 0 Å². The number of amides is 1. The lowest BCUT2D eigenvalue weighted by molar-refractivity contribution is -0.137. The third-order valence-corrected chi connectivity index (χ3v) is 2.10. The van der Waals surface area contributed by atoms with Crippen LogP contribution >= 0.6 is 0 Å². The molecular weight excluding hydrogens is 226 g/mol. The number of rotatable bonds is 5. The van der Waals surface area contributed by atoms with Gasteiger partial charge in [0.1, 0.15) is 17.1 Å². The number of aromatic hydroxyl groups is 2. The zero-order chi connectivity index (χ0) is 12.8. The molecule has 0 heterocycles. The van der Waals surface area contributed by atoms with Crippen molar-refractivity contribution in [3.63, 3.8) is 0 Å². The molecule has 4 N–H and O–H groups in total. The molecule has 1 aromatic carbocycles. The van der Waals surface area contributed by atoms with Gasteiger partial charge in [0.25, 0.3) is 5.91 Å². The Bertz CT molecular complexity index is 410. The number of hydrogen-bond acceptors (Lipinski definition) is 4. The van der Waals surface area contributed by atoms with Gasteiger partial charge in [0, 0.05) is 13.0 Å². The minimum absolute atomic E-state index is 0.0486. The lowest BCUT2D eigenvalue weighted by atomic mass is 10.1. The zero-order valence-corrected chi connectivity index (χ0v) is 9.01. The molecule has 92 valence electrons. The quantitative estimate of drug-likeness (QED) is 0.565. The first kappa shape index (κ1) is 12.8. The van der Waals surface area contributed by atoms with E-state index in [0.717, 1.165) is 0 Å². The SMILES string of the molecule is O=C(O)CCCNC(=O)c1c(O)cccc1O. The summed E-state index contributed by atoms with van der Waals surface area (Å²) in [6, 6.07) is 3.98. The van der Waals surface area contributed by atoms with Crippen molar-refractivity contribution in [3.05, 3.63) is 23.8 Å². The largest absolute Gasteiger partial charge is 0.507 e. The molecule has 0 aliphatic rings. The van der Waals surface area contributed by atoms with Gasteiger partial charge >= 0.3 is 5.97 Å². The third kappa shape index (κ3) is 3.67. The fraction of sp³-hybridized carbons (Fsp3) is 0.273. The molecule has 17 heavy (non-hydrogen) atoms. The van der Waals surface area contributed by atoms with Gasteiger partial charge in [-0.05, 0) is 18.6 Å². The molecule has 0 unspecified atom stereocenters. The van der Waals surface area contributed by atoms with Crippen LogP contribution in [-0.2, 0) is 4.79 Å². The fourth-order valence-electron chi connectivity index (χ4n) is 1.29. The highest BCUT2D eigenvalue weighted by molar-refractivity contribution is 5.99. The summed E-state index contributed by atoms with van der Waals surface area (Å²) < 4.78 is 0. The standard InChI is InChI=1S/C11H13NO5/c13-7-3-1-4-8(14)10(7)11(17)12-6-2-5-9(15)16/h1,3-4,13-14H,2,5-6H2,(H,12,17)(H,15,16). The number of benzene rings is 1. The Labute approximate surface area is 97.5 Å². The highest BCUT2D eigenvalue weighted by Gasteiger charge is 2.15. The molecule has 0 saturated carbocycles. The van der Waals surface area contributed by atoms with Gasteiger partial charge < -0.3 is 20.6 Å². The first-order chi connectivity index (χ1) is 8.02. The van der Waals surface area contributed by atoms with Crippen molar-refractivity contribution in [2.45, 2.75) is 12.8 Å². The Morgan fingerprint density at radius 3 is 2.29 bits per heavy atom. The highest BCUT2D eigenvalue weighted by Crippen LogP contribution is 2.25. The topological polar surface area (TPSA) is 107 Å². The third-order valence-electron chi connectivity index (χ3n) is 2.10. The van der Waals surface area contributed by atoms with E-state index in [2.05, 4.69) is 5.32 Å². The fourth-order valence-corrected chi connectivity index (χ4v) is 1.29. The number of carboxylic acids is 1. The number of nitrogens with one attached hydrogen (secondary N) is 1. The first-order valence-corrected chi connectivity index (χ1v) is 5.03. The van der Waals surface area contributed by atoms with Crippen LogP contribution in [0.3, 0.4) is 0 Å². The van der Waals surface area contributed by atoms with Gasteiger partial charge in [-0.15, -0.1) is 0 Å². The number of carbonyl (C=O) groups is 2. The smallest absolute Gasteiger partial charge is 0.303 e. The molecule has 0 fully saturated rings. The highest BCUT2D eigenvalue weighted by atomic mass is 16.4. The monoisotopic (exact) mass is 239 g/mol. The normalized spacial score (nSPS) is 9.88. The molecule has 1 amide bonds. The van der Waals surface area contributed by atoms with Crippen LogP contribution in [0.2, 0.25) is 0 Å². The lowest BCUT2D eigenvalue weighted by Crippen LogP contribution is -2.25. The maximum atomic E-state index is 11.6. The van der Waals surface area contributed by atoms with Crippen molar-refractivity contribution < 1.29 is 24.9 Å². The number of carboxylic acid groups (broad SMARTS) is 1. The van der Waals surface area contributed by atoms with Gasteiger partial charge in [-0.1, -0.05) is 6.07 Å². The molecule has 0 aliphatic carbocycles. The van der Waals surface area contributed by atoms with Crippen LogP contribution in [0.15, 0.2) is 18.2 Å². The van der Waals surface area contributed by atoms with Gasteiger partial charge in [-0.3, -0.25) is 9.59 Å². The van der Waals surface area contributed by atoms with Crippen molar-refractivity contribution >= 4 is 11.9 Å². The molecule has 0 saturated heterocycles. The van der Waals surface area contributed by atoms with Crippen LogP contribution in [0.25, 0.3) is 0 Å². The summed E-state index contributed by atoms with van der Waals surface area (Å²) in [5.74, 6) is -2.21.